The van der Waals surface area contributed by atoms with Gasteiger partial charge in [0, 0.05) is 0 Å². The van der Waals surface area contributed by atoms with Gasteiger partial charge in [-0.25, -0.2) is 4.79 Å². The van der Waals surface area contributed by atoms with Crippen molar-refractivity contribution in [1.82, 2.24) is 0 Å². The molecule has 41 heteroatoms. The van der Waals surface area contributed by atoms with E-state index >= 15 is 4.79 Å². The predicted molar refractivity (Wildman–Crippen MR) is 375 cm³/mol. The van der Waals surface area contributed by atoms with Gasteiger partial charge in [-0.15, -0.1) is 0 Å². The lowest BCUT2D eigenvalue weighted by atomic mass is 9.33. The standard InChI is InChI=1S/C75H118O41/c1-26-38(83)44(89)56(114-64-50(95)54(112-62-46(91)42(87)40(85)32(19-76)106-62)51(27(2)105-64)109-61-49(94)52(31(81)22-102-61)110-67-58(96)74(100,24-79)25-103-67)65(104-26)116-68(99)75-16-15-69(3,4)17-29(75)28-9-10-35-70(5)13-12-37(71(6,23-78)34(70)11-14-72(35,7)73(28,8)18-36(75)82)108-66-57(115-63-47(92)43(88)41(86)33(20-77)107-63)53(48(93)55(113-66)59(97)98)111-60-45(90)39(84)30(80)21-101-60/h9,23,26-27,29-58,60-67,76-77,79-96,100H,10-22,24-25H2,1-8H3,(H,97,98)/t26-,27+,29?,30-,31-,32-,33-,34-,35?,36?,37?,38+,39+,40-,41+,42+,43+,44+,45-,46-,47-,48+,49-,50-,51+,52+,53+,54+,55+,56-,57-,58-,60+,61+,62+,63+,64+,65+,66-,67+,70?,71?,72?,73-,74-,75?/m1/s1. The van der Waals surface area contributed by atoms with E-state index < -0.39 is 329 Å². The van der Waals surface area contributed by atoms with Crippen LogP contribution < -0.4 is 0 Å². The fourth-order valence-corrected chi connectivity index (χ4v) is 21.5. The Hall–Kier alpha value is -3.09. The molecule has 664 valence electrons. The number of ether oxygens (including phenoxy) is 16. The molecule has 0 aromatic rings. The minimum atomic E-state index is -2.24. The van der Waals surface area contributed by atoms with Crippen LogP contribution in [0.4, 0.5) is 0 Å². The number of rotatable bonds is 21. The van der Waals surface area contributed by atoms with Crippen LogP contribution in [0.1, 0.15) is 113 Å². The highest BCUT2D eigenvalue weighted by molar-refractivity contribution is 5.80. The molecule has 8 heterocycles. The zero-order chi connectivity index (χ0) is 84.7. The number of carbonyl (C=O) groups is 3. The lowest BCUT2D eigenvalue weighted by molar-refractivity contribution is -0.396. The van der Waals surface area contributed by atoms with E-state index in [1.807, 2.05) is 13.8 Å². The van der Waals surface area contributed by atoms with E-state index in [2.05, 4.69) is 26.8 Å². The van der Waals surface area contributed by atoms with Crippen molar-refractivity contribution < 1.29 is 203 Å². The molecule has 13 aliphatic rings. The topological polar surface area (TPSA) is 644 Å². The van der Waals surface area contributed by atoms with E-state index in [0.717, 1.165) is 11.9 Å². The molecule has 13 rings (SSSR count). The monoisotopic (exact) mass is 1670 g/mol. The Balaban J connectivity index is 0.762. The molecule has 46 atom stereocenters. The molecule has 0 aromatic carbocycles. The minimum Gasteiger partial charge on any atom is -0.479 e. The molecule has 0 bridgehead atoms. The second-order valence-electron chi connectivity index (χ2n) is 36.1. The van der Waals surface area contributed by atoms with Crippen molar-refractivity contribution in [3.05, 3.63) is 11.6 Å². The van der Waals surface area contributed by atoms with Crippen molar-refractivity contribution >= 4 is 18.2 Å². The van der Waals surface area contributed by atoms with Crippen LogP contribution in [0, 0.1) is 50.2 Å². The SMILES string of the molecule is C[C@@H]1O[C@@H](O[C@H]2[C@H](OC(=O)C34CCC(C)(C)CC3C3=CCC5C6(C)CCC(O[C@@H]7O[C@H](C(=O)O)[C@@H](O)[C@H](O[C@@H]8OC[C@@H](O)[C@H](O)[C@H]8O)[C@H]7O[C@@H]7O[C@H](CO)[C@H](O)[C@H](O)[C@H]7O)C(C)(C=O)[C@@H]6CCC5(C)[C@]3(C)CC4O)O[C@H](C)[C@H](O)[C@@H]2O)[C@H](O)[C@H](O[C@@H]2O[C@H](CO)[C@@H](O)[C@H](O)[C@H]2O)[C@H]1O[C@@H]1OC[C@@H](O)[C@H](O[C@@H]2OC[C@](O)(CO)[C@@H]2O)[C@H]1O. The van der Waals surface area contributed by atoms with E-state index in [-0.39, 0.29) is 25.2 Å². The molecule has 22 N–H and O–H groups in total. The lowest BCUT2D eigenvalue weighted by Gasteiger charge is -2.71. The van der Waals surface area contributed by atoms with Gasteiger partial charge in [-0.2, -0.15) is 0 Å². The van der Waals surface area contributed by atoms with Crippen LogP contribution in [-0.2, 0) is 90.2 Å². The number of carboxylic acids is 1. The molecule has 12 fully saturated rings. The number of carbonyl (C=O) groups excluding carboxylic acids is 2. The largest absolute Gasteiger partial charge is 0.479 e. The van der Waals surface area contributed by atoms with Gasteiger partial charge in [-0.1, -0.05) is 53.2 Å². The van der Waals surface area contributed by atoms with Gasteiger partial charge in [0.1, 0.15) is 158 Å². The van der Waals surface area contributed by atoms with Gasteiger partial charge in [-0.05, 0) is 111 Å². The first kappa shape index (κ1) is 90.6. The number of aliphatic hydroxyl groups excluding tert-OH is 20. The van der Waals surface area contributed by atoms with Gasteiger partial charge in [0.25, 0.3) is 0 Å². The third-order valence-corrected chi connectivity index (χ3v) is 28.7. The second kappa shape index (κ2) is 34.1. The van der Waals surface area contributed by atoms with Crippen molar-refractivity contribution in [2.24, 2.45) is 50.2 Å². The molecule has 4 saturated carbocycles. The van der Waals surface area contributed by atoms with Crippen LogP contribution >= 0.6 is 0 Å². The molecule has 116 heavy (non-hydrogen) atoms. The summed E-state index contributed by atoms with van der Waals surface area (Å²) in [6.45, 7) is 10.2. The molecule has 8 aliphatic heterocycles. The molecule has 8 saturated heterocycles. The fraction of sp³-hybridized carbons (Fsp3) is 0.933. The maximum absolute atomic E-state index is 16.0. The van der Waals surface area contributed by atoms with Crippen molar-refractivity contribution in [3.8, 4) is 0 Å². The first-order chi connectivity index (χ1) is 54.4. The number of esters is 1. The highest BCUT2D eigenvalue weighted by atomic mass is 16.8. The number of aldehydes is 1. The van der Waals surface area contributed by atoms with Crippen molar-refractivity contribution in [1.29, 1.82) is 0 Å². The molecule has 0 spiro atoms. The summed E-state index contributed by atoms with van der Waals surface area (Å²) in [5.41, 5.74) is -7.38. The Morgan fingerprint density at radius 2 is 1.03 bits per heavy atom. The van der Waals surface area contributed by atoms with Gasteiger partial charge in [0.05, 0.1) is 69.5 Å². The van der Waals surface area contributed by atoms with Gasteiger partial charge in [0.15, 0.2) is 56.2 Å². The number of carboxylic acid groups (broad SMARTS) is 1. The second-order valence-corrected chi connectivity index (χ2v) is 36.1. The zero-order valence-electron chi connectivity index (χ0n) is 65.5. The third kappa shape index (κ3) is 15.5. The molecule has 5 aliphatic carbocycles. The molecule has 0 amide bonds. The third-order valence-electron chi connectivity index (χ3n) is 28.7. The predicted octanol–water partition coefficient (Wildman–Crippen LogP) is -8.52. The van der Waals surface area contributed by atoms with E-state index in [4.69, 9.17) is 75.8 Å². The maximum atomic E-state index is 16.0. The minimum absolute atomic E-state index is 0.0150. The van der Waals surface area contributed by atoms with Gasteiger partial charge in [0.2, 0.25) is 6.29 Å². The quantitative estimate of drug-likeness (QED) is 0.0220. The summed E-state index contributed by atoms with van der Waals surface area (Å²) >= 11 is 0. The van der Waals surface area contributed by atoms with Crippen LogP contribution in [0.5, 0.6) is 0 Å². The summed E-state index contributed by atoms with van der Waals surface area (Å²) in [4.78, 5) is 43.4. The molecule has 0 radical (unpaired) electrons. The van der Waals surface area contributed by atoms with Gasteiger partial charge in [-0.3, -0.25) is 4.79 Å². The number of hydrogen-bond acceptors (Lipinski definition) is 40. The Labute approximate surface area is 666 Å². The number of fused-ring (bicyclic) bond motifs is 7. The first-order valence-electron chi connectivity index (χ1n) is 39.9. The smallest absolute Gasteiger partial charge is 0.335 e. The highest BCUT2D eigenvalue weighted by Crippen LogP contribution is 2.76. The average Bonchev–Trinajstić information content (AvgIpc) is 0.711. The fourth-order valence-electron chi connectivity index (χ4n) is 21.5. The van der Waals surface area contributed by atoms with E-state index in [1.54, 1.807) is 6.92 Å². The summed E-state index contributed by atoms with van der Waals surface area (Å²) in [5.74, 6) is -4.28. The normalized spacial score (nSPS) is 54.9. The highest BCUT2D eigenvalue weighted by Gasteiger charge is 2.74. The van der Waals surface area contributed by atoms with Crippen LogP contribution in [-0.4, -0.2) is 403 Å². The number of hydrogen-bond donors (Lipinski definition) is 22. The molecular weight excluding hydrogens is 1560 g/mol. The summed E-state index contributed by atoms with van der Waals surface area (Å²) in [7, 11) is 0. The van der Waals surface area contributed by atoms with E-state index in [9.17, 15) is 122 Å². The average molecular weight is 1680 g/mol. The first-order valence-corrected chi connectivity index (χ1v) is 39.9. The van der Waals surface area contributed by atoms with E-state index in [0.29, 0.717) is 38.5 Å². The maximum Gasteiger partial charge on any atom is 0.335 e. The number of allylic oxidation sites excluding steroid dienone is 2. The van der Waals surface area contributed by atoms with E-state index in [1.165, 1.54) is 13.8 Å². The Morgan fingerprint density at radius 1 is 0.491 bits per heavy atom. The van der Waals surface area contributed by atoms with Crippen molar-refractivity contribution in [2.45, 2.75) is 346 Å². The zero-order valence-corrected chi connectivity index (χ0v) is 65.5. The summed E-state index contributed by atoms with van der Waals surface area (Å²) < 4.78 is 96.5. The van der Waals surface area contributed by atoms with Crippen molar-refractivity contribution in [3.63, 3.8) is 0 Å². The lowest BCUT2D eigenvalue weighted by Crippen LogP contribution is -2.69. The van der Waals surface area contributed by atoms with Gasteiger partial charge < -0.3 is 193 Å². The summed E-state index contributed by atoms with van der Waals surface area (Å²) in [6, 6.07) is 0. The molecule has 8 unspecified atom stereocenters. The van der Waals surface area contributed by atoms with Crippen LogP contribution in [0.15, 0.2) is 11.6 Å². The van der Waals surface area contributed by atoms with Crippen LogP contribution in [0.3, 0.4) is 0 Å². The molecule has 0 aromatic heterocycles. The molecule has 41 nitrogen and oxygen atoms in total. The summed E-state index contributed by atoms with van der Waals surface area (Å²) in [5, 5.41) is 244. The summed E-state index contributed by atoms with van der Waals surface area (Å²) in [6.07, 6.45) is -63.7. The Kier molecular flexibility index (Phi) is 26.6. The van der Waals surface area contributed by atoms with Crippen LogP contribution in [0.2, 0.25) is 0 Å². The number of aliphatic hydroxyl groups is 21. The number of aliphatic carboxylic acids is 1. The van der Waals surface area contributed by atoms with Crippen molar-refractivity contribution in [2.75, 3.05) is 39.6 Å². The molecular formula is C75H118O41. The Bertz CT molecular complexity index is 3430. The Morgan fingerprint density at radius 3 is 1.64 bits per heavy atom. The van der Waals surface area contributed by atoms with Crippen LogP contribution in [0.25, 0.3) is 0 Å². The van der Waals surface area contributed by atoms with Gasteiger partial charge >= 0.3 is 11.9 Å².